The second kappa shape index (κ2) is 20.0. The summed E-state index contributed by atoms with van der Waals surface area (Å²) >= 11 is 0. The first kappa shape index (κ1) is 48.9. The summed E-state index contributed by atoms with van der Waals surface area (Å²) in [5.74, 6) is 1.60. The highest BCUT2D eigenvalue weighted by Crippen LogP contribution is 2.44. The number of imidazole rings is 1. The number of pyridine rings is 1. The lowest BCUT2D eigenvalue weighted by molar-refractivity contribution is -0.135. The topological polar surface area (TPSA) is 169 Å². The first-order chi connectivity index (χ1) is 36.4. The molecule has 5 atom stereocenters. The van der Waals surface area contributed by atoms with Gasteiger partial charge in [-0.25, -0.2) is 18.4 Å². The number of carbonyl (C=O) groups excluding carboxylic acids is 3. The van der Waals surface area contributed by atoms with E-state index in [2.05, 4.69) is 31.3 Å². The van der Waals surface area contributed by atoms with Crippen LogP contribution < -0.4 is 26.0 Å². The molecule has 12 rings (SSSR count). The van der Waals surface area contributed by atoms with Gasteiger partial charge in [0.15, 0.2) is 5.82 Å². The number of hydrogen-bond donors (Lipinski definition) is 2. The number of piperazine rings is 1. The van der Waals surface area contributed by atoms with Crippen LogP contribution in [0.15, 0.2) is 59.5 Å². The Balaban J connectivity index is 0.662. The normalized spacial score (nSPS) is 24.1. The monoisotopic (exact) mass is 1020 g/mol. The number of imide groups is 1. The fourth-order valence-electron chi connectivity index (χ4n) is 13.4. The number of carbonyl (C=O) groups is 3. The number of amides is 3. The molecule has 6 aromatic rings. The number of unbranched alkanes of at least 4 members (excludes halogenated alkanes) is 1. The van der Waals surface area contributed by atoms with E-state index in [1.165, 1.54) is 10.6 Å². The zero-order valence-corrected chi connectivity index (χ0v) is 42.3. The molecule has 3 aromatic heterocycles. The summed E-state index contributed by atoms with van der Waals surface area (Å²) in [4.78, 5) is 71.9. The van der Waals surface area contributed by atoms with Gasteiger partial charge in [-0.3, -0.25) is 33.9 Å². The number of halogens is 2. The molecule has 16 nitrogen and oxygen atoms in total. The number of aromatic nitrogens is 5. The van der Waals surface area contributed by atoms with Gasteiger partial charge in [0.2, 0.25) is 11.8 Å². The average molecular weight is 1020 g/mol. The molecule has 0 saturated carbocycles. The lowest BCUT2D eigenvalue weighted by atomic mass is 9.91. The van der Waals surface area contributed by atoms with Crippen LogP contribution in [0.4, 0.5) is 19.4 Å². The summed E-state index contributed by atoms with van der Waals surface area (Å²) in [7, 11) is 1.72. The number of nitrogens with one attached hydrogen (secondary N) is 2. The van der Waals surface area contributed by atoms with E-state index in [-0.39, 0.29) is 58.5 Å². The van der Waals surface area contributed by atoms with E-state index in [0.29, 0.717) is 96.9 Å². The Hall–Kier alpha value is -6.97. The predicted molar refractivity (Wildman–Crippen MR) is 279 cm³/mol. The predicted octanol–water partition coefficient (Wildman–Crippen LogP) is 7.31. The number of fused-ring (bicyclic) bond motifs is 6. The van der Waals surface area contributed by atoms with E-state index in [1.807, 2.05) is 29.2 Å². The summed E-state index contributed by atoms with van der Waals surface area (Å²) in [5, 5.41) is 7.59. The van der Waals surface area contributed by atoms with Crippen LogP contribution in [0, 0.1) is 29.9 Å². The van der Waals surface area contributed by atoms with Crippen LogP contribution in [0.3, 0.4) is 0 Å². The second-order valence-corrected chi connectivity index (χ2v) is 21.8. The maximum atomic E-state index is 17.2. The molecule has 0 aliphatic carbocycles. The van der Waals surface area contributed by atoms with Crippen LogP contribution in [0.2, 0.25) is 0 Å². The molecule has 2 bridgehead atoms. The third kappa shape index (κ3) is 9.04. The molecule has 2 N–H and O–H groups in total. The number of hydrogen-bond acceptors (Lipinski definition) is 12. The molecule has 3 unspecified atom stereocenters. The standard InChI is InChI=1S/C57H62F2N10O6/c1-3-40-43(58)16-13-36-10-6-11-41(48(36)40)50-49(59)51-42(29-60-50)52(67-30-37-14-15-38(31-67)61-37)64-54(63-51)75-33-57-23-7-25-68(57)39(20-24-57)32-74-56(73)66-26-21-34(22-27-66)8-4-5-9-35-12-17-44-46(28-35)65(2)55(72)69(44)45-18-19-47(70)62-53(45)71/h1,6,10-13,16-17,28-29,34,37-39,45,61H,4-5,7-9,14-15,18-27,30-33H2,2H3,(H,62,70,71)/t37?,38?,39-,45?,57-/m0/s1. The van der Waals surface area contributed by atoms with E-state index in [1.54, 1.807) is 36.0 Å². The maximum absolute atomic E-state index is 17.2. The van der Waals surface area contributed by atoms with Gasteiger partial charge in [-0.05, 0) is 112 Å². The number of terminal acetylenes is 1. The Kier molecular flexibility index (Phi) is 13.0. The SMILES string of the molecule is C#Cc1c(F)ccc2cccc(-c3ncc4c(N5CC6CCC(C5)N6)nc(OC[C@@]56CCCN5[C@H](COC(=O)N5CCC(CCCCc7ccc8c(c7)n(C)c(=O)n8C7CCC(=O)NC7=O)CC5)CC6)nc4c3F)c12. The number of anilines is 1. The second-order valence-electron chi connectivity index (χ2n) is 21.8. The molecule has 0 radical (unpaired) electrons. The Bertz CT molecular complexity index is 3350. The van der Waals surface area contributed by atoms with E-state index >= 15 is 8.78 Å². The highest BCUT2D eigenvalue weighted by molar-refractivity contribution is 6.02. The molecule has 75 heavy (non-hydrogen) atoms. The van der Waals surface area contributed by atoms with Gasteiger partial charge < -0.3 is 24.6 Å². The van der Waals surface area contributed by atoms with Crippen LogP contribution in [0.1, 0.15) is 101 Å². The molecule has 390 valence electrons. The van der Waals surface area contributed by atoms with Crippen molar-refractivity contribution in [2.24, 2.45) is 13.0 Å². The van der Waals surface area contributed by atoms with Gasteiger partial charge >= 0.3 is 17.8 Å². The molecule has 0 spiro atoms. The highest BCUT2D eigenvalue weighted by Gasteiger charge is 2.50. The van der Waals surface area contributed by atoms with Crippen molar-refractivity contribution in [2.75, 3.05) is 50.8 Å². The lowest BCUT2D eigenvalue weighted by Crippen LogP contribution is -2.51. The summed E-state index contributed by atoms with van der Waals surface area (Å²) in [6, 6.07) is 14.2. The van der Waals surface area contributed by atoms with E-state index in [0.717, 1.165) is 94.7 Å². The fourth-order valence-corrected chi connectivity index (χ4v) is 13.4. The average Bonchev–Trinajstić information content (AvgIpc) is 4.18. The number of rotatable bonds is 13. The highest BCUT2D eigenvalue weighted by atomic mass is 19.1. The molecule has 3 aromatic carbocycles. The van der Waals surface area contributed by atoms with Crippen molar-refractivity contribution in [3.05, 3.63) is 88.0 Å². The minimum Gasteiger partial charge on any atom is -0.461 e. The van der Waals surface area contributed by atoms with E-state index in [4.69, 9.17) is 25.9 Å². The largest absolute Gasteiger partial charge is 0.461 e. The number of aryl methyl sites for hydroxylation is 2. The van der Waals surface area contributed by atoms with Crippen LogP contribution in [-0.4, -0.2) is 121 Å². The Morgan fingerprint density at radius 2 is 1.76 bits per heavy atom. The third-order valence-corrected chi connectivity index (χ3v) is 17.3. The Labute approximate surface area is 433 Å². The Morgan fingerprint density at radius 3 is 2.56 bits per heavy atom. The zero-order valence-electron chi connectivity index (χ0n) is 42.3. The van der Waals surface area contributed by atoms with Gasteiger partial charge in [0.1, 0.15) is 42.1 Å². The molecule has 9 heterocycles. The molecule has 6 fully saturated rings. The quantitative estimate of drug-likeness (QED) is 0.0674. The van der Waals surface area contributed by atoms with Crippen molar-refractivity contribution >= 4 is 56.4 Å². The fraction of sp³-hybridized carbons (Fsp3) is 0.491. The lowest BCUT2D eigenvalue weighted by Gasteiger charge is -2.36. The number of likely N-dealkylation sites (tertiary alicyclic amines) is 1. The summed E-state index contributed by atoms with van der Waals surface area (Å²) < 4.78 is 48.0. The van der Waals surface area contributed by atoms with Crippen LogP contribution >= 0.6 is 0 Å². The van der Waals surface area contributed by atoms with Crippen molar-refractivity contribution in [1.29, 1.82) is 0 Å². The minimum atomic E-state index is -0.704. The molecule has 18 heteroatoms. The molecule has 6 aliphatic rings. The van der Waals surface area contributed by atoms with Gasteiger partial charge in [-0.1, -0.05) is 49.1 Å². The summed E-state index contributed by atoms with van der Waals surface area (Å²) in [6.45, 7) is 4.19. The number of benzene rings is 3. The van der Waals surface area contributed by atoms with E-state index < -0.39 is 23.6 Å². The van der Waals surface area contributed by atoms with E-state index in [9.17, 15) is 19.2 Å². The van der Waals surface area contributed by atoms with Crippen molar-refractivity contribution in [2.45, 2.75) is 120 Å². The minimum absolute atomic E-state index is 0.0162. The number of nitrogens with zero attached hydrogens (tertiary/aromatic N) is 8. The van der Waals surface area contributed by atoms with Crippen molar-refractivity contribution in [1.82, 2.24) is 44.5 Å². The molecule has 6 aliphatic heterocycles. The summed E-state index contributed by atoms with van der Waals surface area (Å²) in [5.41, 5.74) is 2.53. The first-order valence-corrected chi connectivity index (χ1v) is 26.9. The van der Waals surface area contributed by atoms with Crippen molar-refractivity contribution in [3.8, 4) is 29.6 Å². The zero-order chi connectivity index (χ0) is 51.5. The Morgan fingerprint density at radius 1 is 0.933 bits per heavy atom. The number of ether oxygens (including phenoxy) is 2. The molecule has 3 amide bonds. The van der Waals surface area contributed by atoms with Crippen molar-refractivity contribution < 1.29 is 32.6 Å². The van der Waals surface area contributed by atoms with Crippen molar-refractivity contribution in [3.63, 3.8) is 0 Å². The third-order valence-electron chi connectivity index (χ3n) is 17.3. The maximum Gasteiger partial charge on any atom is 0.409 e. The van der Waals surface area contributed by atoms with Crippen LogP contribution in [-0.2, 0) is 27.8 Å². The molecular formula is C57H62F2N10O6. The smallest absolute Gasteiger partial charge is 0.409 e. The van der Waals surface area contributed by atoms with Gasteiger partial charge in [-0.15, -0.1) is 6.42 Å². The number of piperidine rings is 2. The van der Waals surface area contributed by atoms with Crippen LogP contribution in [0.5, 0.6) is 6.01 Å². The van der Waals surface area contributed by atoms with Gasteiger partial charge in [0.05, 0.1) is 27.5 Å². The van der Waals surface area contributed by atoms with Gasteiger partial charge in [0.25, 0.3) is 0 Å². The summed E-state index contributed by atoms with van der Waals surface area (Å²) in [6.07, 6.45) is 19.2. The molecular weight excluding hydrogens is 959 g/mol. The first-order valence-electron chi connectivity index (χ1n) is 26.9. The van der Waals surface area contributed by atoms with Crippen LogP contribution in [0.25, 0.3) is 44.0 Å². The van der Waals surface area contributed by atoms with Gasteiger partial charge in [-0.2, -0.15) is 9.97 Å². The molecule has 6 saturated heterocycles. The van der Waals surface area contributed by atoms with Gasteiger partial charge in [0, 0.05) is 74.9 Å².